The standard InChI is InChI=1S/C14H22N2O2/c1-9(2)12-13(18-11(4)15-12)14(17)16-7-5-10(3)6-8-16/h9-10H,5-8H2,1-4H3. The van der Waals surface area contributed by atoms with Crippen molar-refractivity contribution in [3.63, 3.8) is 0 Å². The van der Waals surface area contributed by atoms with Gasteiger partial charge in [-0.1, -0.05) is 20.8 Å². The topological polar surface area (TPSA) is 46.3 Å². The SMILES string of the molecule is Cc1nc(C(C)C)c(C(=O)N2CCC(C)CC2)o1. The maximum Gasteiger partial charge on any atom is 0.291 e. The second-order valence-corrected chi connectivity index (χ2v) is 5.58. The number of oxazole rings is 1. The molecule has 0 radical (unpaired) electrons. The zero-order valence-corrected chi connectivity index (χ0v) is 11.7. The van der Waals surface area contributed by atoms with Crippen LogP contribution in [0.15, 0.2) is 4.42 Å². The maximum absolute atomic E-state index is 12.4. The number of nitrogens with zero attached hydrogens (tertiary/aromatic N) is 2. The van der Waals surface area contributed by atoms with Crippen molar-refractivity contribution in [1.29, 1.82) is 0 Å². The molecule has 0 atom stereocenters. The first-order valence-electron chi connectivity index (χ1n) is 6.75. The van der Waals surface area contributed by atoms with Gasteiger partial charge in [-0.2, -0.15) is 0 Å². The van der Waals surface area contributed by atoms with E-state index < -0.39 is 0 Å². The number of hydrogen-bond acceptors (Lipinski definition) is 3. The third kappa shape index (κ3) is 2.57. The number of rotatable bonds is 2. The molecule has 0 spiro atoms. The summed E-state index contributed by atoms with van der Waals surface area (Å²) < 4.78 is 5.52. The largest absolute Gasteiger partial charge is 0.436 e. The van der Waals surface area contributed by atoms with Crippen LogP contribution < -0.4 is 0 Å². The number of aromatic nitrogens is 1. The predicted octanol–water partition coefficient (Wildman–Crippen LogP) is 2.98. The molecule has 1 aliphatic rings. The van der Waals surface area contributed by atoms with Gasteiger partial charge in [0.1, 0.15) is 0 Å². The summed E-state index contributed by atoms with van der Waals surface area (Å²) in [5.41, 5.74) is 0.788. The van der Waals surface area contributed by atoms with Gasteiger partial charge in [-0.3, -0.25) is 4.79 Å². The molecule has 100 valence electrons. The Morgan fingerprint density at radius 1 is 1.39 bits per heavy atom. The van der Waals surface area contributed by atoms with Crippen LogP contribution in [0.1, 0.15) is 61.7 Å². The van der Waals surface area contributed by atoms with Gasteiger partial charge in [0.25, 0.3) is 5.91 Å². The molecule has 0 saturated carbocycles. The summed E-state index contributed by atoms with van der Waals surface area (Å²) in [7, 11) is 0. The monoisotopic (exact) mass is 250 g/mol. The van der Waals surface area contributed by atoms with Crippen LogP contribution in [0.5, 0.6) is 0 Å². The third-order valence-electron chi connectivity index (χ3n) is 3.57. The van der Waals surface area contributed by atoms with E-state index in [2.05, 4.69) is 11.9 Å². The molecule has 1 saturated heterocycles. The van der Waals surface area contributed by atoms with Gasteiger partial charge in [0.05, 0.1) is 5.69 Å². The number of carbonyl (C=O) groups is 1. The zero-order valence-electron chi connectivity index (χ0n) is 11.7. The molecule has 1 aromatic heterocycles. The lowest BCUT2D eigenvalue weighted by Crippen LogP contribution is -2.38. The van der Waals surface area contributed by atoms with Gasteiger partial charge in [-0.15, -0.1) is 0 Å². The lowest BCUT2D eigenvalue weighted by Gasteiger charge is -2.29. The Labute approximate surface area is 108 Å². The van der Waals surface area contributed by atoms with Crippen LogP contribution in [0.2, 0.25) is 0 Å². The van der Waals surface area contributed by atoms with E-state index in [1.165, 1.54) is 0 Å². The van der Waals surface area contributed by atoms with Crippen LogP contribution in [0.3, 0.4) is 0 Å². The molecule has 0 N–H and O–H groups in total. The summed E-state index contributed by atoms with van der Waals surface area (Å²) in [5.74, 6) is 1.95. The Balaban J connectivity index is 2.18. The maximum atomic E-state index is 12.4. The third-order valence-corrected chi connectivity index (χ3v) is 3.57. The van der Waals surface area contributed by atoms with E-state index in [9.17, 15) is 4.79 Å². The van der Waals surface area contributed by atoms with Gasteiger partial charge >= 0.3 is 0 Å². The van der Waals surface area contributed by atoms with E-state index in [4.69, 9.17) is 4.42 Å². The second-order valence-electron chi connectivity index (χ2n) is 5.58. The number of likely N-dealkylation sites (tertiary alicyclic amines) is 1. The van der Waals surface area contributed by atoms with Crippen LogP contribution in [0.25, 0.3) is 0 Å². The first kappa shape index (κ1) is 13.1. The second kappa shape index (κ2) is 5.12. The summed E-state index contributed by atoms with van der Waals surface area (Å²) in [4.78, 5) is 18.7. The van der Waals surface area contributed by atoms with Crippen LogP contribution in [0, 0.1) is 12.8 Å². The Hall–Kier alpha value is -1.32. The minimum absolute atomic E-state index is 0.00574. The van der Waals surface area contributed by atoms with Crippen molar-refractivity contribution in [2.45, 2.75) is 46.5 Å². The molecular weight excluding hydrogens is 228 g/mol. The molecule has 2 heterocycles. The van der Waals surface area contributed by atoms with Crippen LogP contribution in [-0.4, -0.2) is 28.9 Å². The fourth-order valence-corrected chi connectivity index (χ4v) is 2.34. The molecule has 4 nitrogen and oxygen atoms in total. The fraction of sp³-hybridized carbons (Fsp3) is 0.714. The smallest absolute Gasteiger partial charge is 0.291 e. The number of carbonyl (C=O) groups excluding carboxylic acids is 1. The van der Waals surface area contributed by atoms with Crippen LogP contribution >= 0.6 is 0 Å². The van der Waals surface area contributed by atoms with Gasteiger partial charge in [-0.05, 0) is 24.7 Å². The molecule has 2 rings (SSSR count). The first-order valence-corrected chi connectivity index (χ1v) is 6.75. The van der Waals surface area contributed by atoms with E-state index in [1.54, 1.807) is 6.92 Å². The lowest BCUT2D eigenvalue weighted by molar-refractivity contribution is 0.0661. The lowest BCUT2D eigenvalue weighted by atomic mass is 9.99. The minimum Gasteiger partial charge on any atom is -0.436 e. The molecule has 18 heavy (non-hydrogen) atoms. The molecule has 4 heteroatoms. The van der Waals surface area contributed by atoms with E-state index >= 15 is 0 Å². The summed E-state index contributed by atoms with van der Waals surface area (Å²) >= 11 is 0. The van der Waals surface area contributed by atoms with Crippen molar-refractivity contribution in [2.75, 3.05) is 13.1 Å². The summed E-state index contributed by atoms with van der Waals surface area (Å²) in [6, 6.07) is 0. The number of hydrogen-bond donors (Lipinski definition) is 0. The van der Waals surface area contributed by atoms with E-state index in [1.807, 2.05) is 18.7 Å². The summed E-state index contributed by atoms with van der Waals surface area (Å²) in [6.07, 6.45) is 2.16. The van der Waals surface area contributed by atoms with Gasteiger partial charge < -0.3 is 9.32 Å². The van der Waals surface area contributed by atoms with Crippen molar-refractivity contribution in [2.24, 2.45) is 5.92 Å². The molecule has 1 aliphatic heterocycles. The fourth-order valence-electron chi connectivity index (χ4n) is 2.34. The van der Waals surface area contributed by atoms with Crippen LogP contribution in [-0.2, 0) is 0 Å². The van der Waals surface area contributed by atoms with E-state index in [0.717, 1.165) is 37.5 Å². The average Bonchev–Trinajstić information content (AvgIpc) is 2.71. The Kier molecular flexibility index (Phi) is 3.73. The highest BCUT2D eigenvalue weighted by molar-refractivity contribution is 5.92. The molecule has 0 bridgehead atoms. The van der Waals surface area contributed by atoms with E-state index in [0.29, 0.717) is 11.7 Å². The first-order chi connectivity index (χ1) is 8.49. The molecule has 1 aromatic rings. The minimum atomic E-state index is 0.00574. The van der Waals surface area contributed by atoms with Gasteiger partial charge in [0.2, 0.25) is 5.76 Å². The molecule has 0 aromatic carbocycles. The highest BCUT2D eigenvalue weighted by Crippen LogP contribution is 2.24. The van der Waals surface area contributed by atoms with Gasteiger partial charge in [0, 0.05) is 20.0 Å². The Morgan fingerprint density at radius 2 is 2.00 bits per heavy atom. The molecule has 1 fully saturated rings. The summed E-state index contributed by atoms with van der Waals surface area (Å²) in [5, 5.41) is 0. The van der Waals surface area contributed by atoms with E-state index in [-0.39, 0.29) is 11.8 Å². The molecular formula is C14H22N2O2. The zero-order chi connectivity index (χ0) is 13.3. The van der Waals surface area contributed by atoms with Crippen molar-refractivity contribution < 1.29 is 9.21 Å². The van der Waals surface area contributed by atoms with Gasteiger partial charge in [0.15, 0.2) is 5.89 Å². The quantitative estimate of drug-likeness (QED) is 0.810. The number of aryl methyl sites for hydroxylation is 1. The average molecular weight is 250 g/mol. The normalized spacial score (nSPS) is 17.5. The Morgan fingerprint density at radius 3 is 2.56 bits per heavy atom. The van der Waals surface area contributed by atoms with Crippen molar-refractivity contribution in [3.05, 3.63) is 17.3 Å². The molecule has 0 unspecified atom stereocenters. The van der Waals surface area contributed by atoms with Crippen molar-refractivity contribution in [3.8, 4) is 0 Å². The molecule has 1 amide bonds. The van der Waals surface area contributed by atoms with Gasteiger partial charge in [-0.25, -0.2) is 4.98 Å². The predicted molar refractivity (Wildman–Crippen MR) is 69.6 cm³/mol. The molecule has 0 aliphatic carbocycles. The Bertz CT molecular complexity index is 429. The highest BCUT2D eigenvalue weighted by atomic mass is 16.4. The highest BCUT2D eigenvalue weighted by Gasteiger charge is 2.27. The summed E-state index contributed by atoms with van der Waals surface area (Å²) in [6.45, 7) is 9.76. The number of piperidine rings is 1. The van der Waals surface area contributed by atoms with Crippen LogP contribution in [0.4, 0.5) is 0 Å². The van der Waals surface area contributed by atoms with Crippen molar-refractivity contribution >= 4 is 5.91 Å². The van der Waals surface area contributed by atoms with Crippen molar-refractivity contribution in [1.82, 2.24) is 9.88 Å². The number of amides is 1.